The minimum Gasteiger partial charge on any atom is -0.341 e. The van der Waals surface area contributed by atoms with E-state index in [9.17, 15) is 4.79 Å². The van der Waals surface area contributed by atoms with Crippen molar-refractivity contribution in [2.75, 3.05) is 30.3 Å². The molecule has 3 heterocycles. The summed E-state index contributed by atoms with van der Waals surface area (Å²) in [5.74, 6) is 2.33. The highest BCUT2D eigenvalue weighted by Gasteiger charge is 2.35. The Morgan fingerprint density at radius 3 is 2.52 bits per heavy atom. The van der Waals surface area contributed by atoms with Crippen LogP contribution in [0.3, 0.4) is 0 Å². The standard InChI is InChI=1S/C24H33N5OS/c30-22(28-17-9-11-19-10-5-6-14-21(19)28)18-31-24-26-25-23(27-15-7-2-8-16-27)29(24)20-12-3-1-4-13-20/h1,3-4,12-13,19,21H,2,5-11,14-18H2/t19-,21+/m0/s1. The van der Waals surface area contributed by atoms with Crippen molar-refractivity contribution in [3.8, 4) is 5.69 Å². The first-order valence-electron chi connectivity index (χ1n) is 12.0. The fourth-order valence-electron chi connectivity index (χ4n) is 5.60. The lowest BCUT2D eigenvalue weighted by molar-refractivity contribution is -0.134. The van der Waals surface area contributed by atoms with Gasteiger partial charge in [0.05, 0.1) is 11.4 Å². The van der Waals surface area contributed by atoms with Crippen LogP contribution in [-0.4, -0.2) is 57.0 Å². The molecule has 1 aromatic carbocycles. The van der Waals surface area contributed by atoms with Crippen LogP contribution in [0.25, 0.3) is 5.69 Å². The molecule has 6 nitrogen and oxygen atoms in total. The molecule has 3 fully saturated rings. The molecule has 0 N–H and O–H groups in total. The van der Waals surface area contributed by atoms with Gasteiger partial charge in [-0.05, 0) is 63.0 Å². The maximum absolute atomic E-state index is 13.2. The van der Waals surface area contributed by atoms with Crippen molar-refractivity contribution < 1.29 is 4.79 Å². The Hall–Kier alpha value is -2.02. The van der Waals surface area contributed by atoms with Crippen molar-refractivity contribution in [1.29, 1.82) is 0 Å². The molecule has 7 heteroatoms. The minimum atomic E-state index is 0.267. The van der Waals surface area contributed by atoms with Crippen LogP contribution < -0.4 is 4.90 Å². The topological polar surface area (TPSA) is 54.3 Å². The first-order chi connectivity index (χ1) is 15.3. The van der Waals surface area contributed by atoms with Crippen LogP contribution >= 0.6 is 11.8 Å². The molecule has 1 saturated carbocycles. The monoisotopic (exact) mass is 439 g/mol. The molecular weight excluding hydrogens is 406 g/mol. The maximum Gasteiger partial charge on any atom is 0.233 e. The summed E-state index contributed by atoms with van der Waals surface area (Å²) in [6.45, 7) is 2.96. The number of likely N-dealkylation sites (tertiary alicyclic amines) is 1. The lowest BCUT2D eigenvalue weighted by Gasteiger charge is -2.44. The molecule has 0 bridgehead atoms. The molecule has 3 aliphatic rings. The van der Waals surface area contributed by atoms with E-state index in [2.05, 4.69) is 36.7 Å². The second-order valence-electron chi connectivity index (χ2n) is 9.13. The van der Waals surface area contributed by atoms with Crippen LogP contribution in [-0.2, 0) is 4.79 Å². The first-order valence-corrected chi connectivity index (χ1v) is 13.0. The van der Waals surface area contributed by atoms with Gasteiger partial charge in [-0.3, -0.25) is 9.36 Å². The average Bonchev–Trinajstić information content (AvgIpc) is 3.27. The van der Waals surface area contributed by atoms with Crippen molar-refractivity contribution in [2.24, 2.45) is 5.92 Å². The number of hydrogen-bond acceptors (Lipinski definition) is 5. The van der Waals surface area contributed by atoms with E-state index in [4.69, 9.17) is 0 Å². The van der Waals surface area contributed by atoms with Crippen molar-refractivity contribution in [1.82, 2.24) is 19.7 Å². The number of aromatic nitrogens is 3. The number of rotatable bonds is 5. The lowest BCUT2D eigenvalue weighted by atomic mass is 9.78. The minimum absolute atomic E-state index is 0.267. The van der Waals surface area contributed by atoms with Crippen LogP contribution in [0.4, 0.5) is 5.95 Å². The molecule has 2 aliphatic heterocycles. The number of para-hydroxylation sites is 1. The third-order valence-electron chi connectivity index (χ3n) is 7.16. The van der Waals surface area contributed by atoms with Crippen LogP contribution in [0.15, 0.2) is 35.5 Å². The zero-order valence-corrected chi connectivity index (χ0v) is 19.1. The number of hydrogen-bond donors (Lipinski definition) is 0. The van der Waals surface area contributed by atoms with Gasteiger partial charge >= 0.3 is 0 Å². The molecule has 0 unspecified atom stereocenters. The quantitative estimate of drug-likeness (QED) is 0.641. The van der Waals surface area contributed by atoms with Crippen molar-refractivity contribution >= 4 is 23.6 Å². The van der Waals surface area contributed by atoms with Crippen molar-refractivity contribution in [2.45, 2.75) is 69.0 Å². The molecule has 2 saturated heterocycles. The molecule has 2 atom stereocenters. The van der Waals surface area contributed by atoms with E-state index < -0.39 is 0 Å². The second kappa shape index (κ2) is 9.63. The predicted molar refractivity (Wildman–Crippen MR) is 125 cm³/mol. The number of nitrogens with zero attached hydrogens (tertiary/aromatic N) is 5. The van der Waals surface area contributed by atoms with Gasteiger partial charge in [-0.1, -0.05) is 42.8 Å². The molecular formula is C24H33N5OS. The van der Waals surface area contributed by atoms with Crippen molar-refractivity contribution in [3.05, 3.63) is 30.3 Å². The second-order valence-corrected chi connectivity index (χ2v) is 10.1. The van der Waals surface area contributed by atoms with Gasteiger partial charge in [0.2, 0.25) is 11.9 Å². The molecule has 1 aromatic heterocycles. The number of carbonyl (C=O) groups excluding carboxylic acids is 1. The zero-order valence-electron chi connectivity index (χ0n) is 18.3. The summed E-state index contributed by atoms with van der Waals surface area (Å²) in [6.07, 6.45) is 11.2. The molecule has 166 valence electrons. The fourth-order valence-corrected chi connectivity index (χ4v) is 6.43. The number of carbonyl (C=O) groups is 1. The molecule has 2 aromatic rings. The van der Waals surface area contributed by atoms with Crippen LogP contribution in [0, 0.1) is 5.92 Å². The molecule has 1 aliphatic carbocycles. The van der Waals surface area contributed by atoms with E-state index in [0.29, 0.717) is 11.8 Å². The molecule has 1 amide bonds. The van der Waals surface area contributed by atoms with E-state index in [1.54, 1.807) is 0 Å². The molecule has 5 rings (SSSR count). The Labute approximate surface area is 189 Å². The number of benzene rings is 1. The SMILES string of the molecule is O=C(CSc1nnc(N2CCCCC2)n1-c1ccccc1)N1CCC[C@@H]2CCCC[C@H]21. The number of thioether (sulfide) groups is 1. The highest BCUT2D eigenvalue weighted by Crippen LogP contribution is 2.36. The van der Waals surface area contributed by atoms with E-state index in [0.717, 1.165) is 48.8 Å². The van der Waals surface area contributed by atoms with Gasteiger partial charge in [0.15, 0.2) is 5.16 Å². The molecule has 0 spiro atoms. The lowest BCUT2D eigenvalue weighted by Crippen LogP contribution is -2.50. The third-order valence-corrected chi connectivity index (χ3v) is 8.07. The summed E-state index contributed by atoms with van der Waals surface area (Å²) in [7, 11) is 0. The van der Waals surface area contributed by atoms with E-state index in [1.807, 2.05) is 18.2 Å². The van der Waals surface area contributed by atoms with E-state index in [-0.39, 0.29) is 5.91 Å². The average molecular weight is 440 g/mol. The highest BCUT2D eigenvalue weighted by atomic mass is 32.2. The van der Waals surface area contributed by atoms with E-state index >= 15 is 0 Å². The summed E-state index contributed by atoms with van der Waals surface area (Å²) in [6, 6.07) is 10.8. The van der Waals surface area contributed by atoms with Crippen LogP contribution in [0.1, 0.15) is 57.8 Å². The summed E-state index contributed by atoms with van der Waals surface area (Å²) < 4.78 is 2.14. The Morgan fingerprint density at radius 2 is 1.68 bits per heavy atom. The van der Waals surface area contributed by atoms with Crippen LogP contribution in [0.5, 0.6) is 0 Å². The Bertz CT molecular complexity index is 877. The molecule has 31 heavy (non-hydrogen) atoms. The van der Waals surface area contributed by atoms with Gasteiger partial charge < -0.3 is 9.80 Å². The first kappa shape index (κ1) is 20.9. The van der Waals surface area contributed by atoms with Gasteiger partial charge in [0.1, 0.15) is 0 Å². The van der Waals surface area contributed by atoms with Gasteiger partial charge in [-0.25, -0.2) is 0 Å². The Kier molecular flexibility index (Phi) is 6.48. The molecule has 0 radical (unpaired) electrons. The summed E-state index contributed by atoms with van der Waals surface area (Å²) >= 11 is 1.54. The van der Waals surface area contributed by atoms with Gasteiger partial charge in [-0.15, -0.1) is 10.2 Å². The van der Waals surface area contributed by atoms with E-state index in [1.165, 1.54) is 63.1 Å². The predicted octanol–water partition coefficient (Wildman–Crippen LogP) is 4.53. The van der Waals surface area contributed by atoms with Crippen LogP contribution in [0.2, 0.25) is 0 Å². The van der Waals surface area contributed by atoms with Gasteiger partial charge in [0.25, 0.3) is 0 Å². The highest BCUT2D eigenvalue weighted by molar-refractivity contribution is 7.99. The summed E-state index contributed by atoms with van der Waals surface area (Å²) in [5, 5.41) is 9.91. The fraction of sp³-hybridized carbons (Fsp3) is 0.625. The van der Waals surface area contributed by atoms with Gasteiger partial charge in [-0.2, -0.15) is 0 Å². The number of fused-ring (bicyclic) bond motifs is 1. The Morgan fingerprint density at radius 1 is 0.903 bits per heavy atom. The van der Waals surface area contributed by atoms with Crippen molar-refractivity contribution in [3.63, 3.8) is 0 Å². The Balaban J connectivity index is 1.34. The normalized spacial score (nSPS) is 24.1. The van der Waals surface area contributed by atoms with Gasteiger partial charge in [0, 0.05) is 25.7 Å². The smallest absolute Gasteiger partial charge is 0.233 e. The number of amides is 1. The largest absolute Gasteiger partial charge is 0.341 e. The third kappa shape index (κ3) is 4.47. The maximum atomic E-state index is 13.2. The summed E-state index contributed by atoms with van der Waals surface area (Å²) in [5.41, 5.74) is 1.06. The number of anilines is 1. The summed E-state index contributed by atoms with van der Waals surface area (Å²) in [4.78, 5) is 17.7. The zero-order chi connectivity index (χ0) is 21.0. The number of piperidine rings is 2.